The van der Waals surface area contributed by atoms with Crippen molar-refractivity contribution < 1.29 is 14.7 Å². The van der Waals surface area contributed by atoms with Gasteiger partial charge >= 0.3 is 5.97 Å². The minimum absolute atomic E-state index is 0.173. The van der Waals surface area contributed by atoms with Gasteiger partial charge in [0.25, 0.3) is 0 Å². The normalized spacial score (nSPS) is 18.9. The van der Waals surface area contributed by atoms with Crippen LogP contribution in [-0.2, 0) is 9.59 Å². The molecular weight excluding hydrogens is 288 g/mol. The van der Waals surface area contributed by atoms with Crippen molar-refractivity contribution >= 4 is 11.8 Å². The van der Waals surface area contributed by atoms with E-state index in [9.17, 15) is 9.59 Å². The highest BCUT2D eigenvalue weighted by molar-refractivity contribution is 6.07. The third-order valence-electron chi connectivity index (χ3n) is 4.49. The van der Waals surface area contributed by atoms with Crippen LogP contribution in [-0.4, -0.2) is 16.9 Å². The van der Waals surface area contributed by atoms with E-state index in [1.54, 1.807) is 6.08 Å². The Morgan fingerprint density at radius 2 is 1.78 bits per heavy atom. The number of aliphatic carboxylic acids is 1. The summed E-state index contributed by atoms with van der Waals surface area (Å²) in [5.41, 5.74) is 0.969. The summed E-state index contributed by atoms with van der Waals surface area (Å²) in [6, 6.07) is 0. The number of allylic oxidation sites excluding steroid dienone is 4. The number of hydrogen-bond donors (Lipinski definition) is 1. The molecule has 0 aromatic heterocycles. The van der Waals surface area contributed by atoms with Gasteiger partial charge in [0.15, 0.2) is 5.78 Å². The first-order valence-electron chi connectivity index (χ1n) is 9.29. The first-order valence-corrected chi connectivity index (χ1v) is 9.29. The minimum atomic E-state index is -0.725. The van der Waals surface area contributed by atoms with Crippen LogP contribution in [0.2, 0.25) is 0 Å². The van der Waals surface area contributed by atoms with Crippen LogP contribution < -0.4 is 0 Å². The lowest BCUT2D eigenvalue weighted by Crippen LogP contribution is -2.03. The third kappa shape index (κ3) is 8.73. The predicted octanol–water partition coefficient (Wildman–Crippen LogP) is 5.45. The molecule has 1 atom stereocenters. The molecule has 1 N–H and O–H groups in total. The van der Waals surface area contributed by atoms with E-state index in [0.29, 0.717) is 5.92 Å². The van der Waals surface area contributed by atoms with Gasteiger partial charge in [-0.15, -0.1) is 0 Å². The van der Waals surface area contributed by atoms with Crippen LogP contribution in [0.4, 0.5) is 0 Å². The van der Waals surface area contributed by atoms with Crippen LogP contribution in [0.15, 0.2) is 23.8 Å². The zero-order valence-corrected chi connectivity index (χ0v) is 14.6. The van der Waals surface area contributed by atoms with Gasteiger partial charge in [0.1, 0.15) is 0 Å². The molecule has 0 fully saturated rings. The van der Waals surface area contributed by atoms with Gasteiger partial charge in [-0.3, -0.25) is 9.59 Å². The standard InChI is InChI=1S/C20H32O3/c1-2-3-4-5-6-9-12-17-15-16-19(21)18(17)13-10-7-8-11-14-20(22)23/h13,15-17H,2-12,14H2,1H3,(H,22,23)/b18-13-. The molecule has 1 unspecified atom stereocenters. The summed E-state index contributed by atoms with van der Waals surface area (Å²) in [5.74, 6) is -0.239. The number of unbranched alkanes of at least 4 members (excludes halogenated alkanes) is 8. The number of carboxylic acids is 1. The number of ketones is 1. The zero-order chi connectivity index (χ0) is 16.9. The summed E-state index contributed by atoms with van der Waals surface area (Å²) in [5, 5.41) is 8.60. The Morgan fingerprint density at radius 1 is 1.09 bits per heavy atom. The van der Waals surface area contributed by atoms with E-state index < -0.39 is 5.97 Å². The molecule has 23 heavy (non-hydrogen) atoms. The molecule has 0 aliphatic heterocycles. The lowest BCUT2D eigenvalue weighted by Gasteiger charge is -2.10. The summed E-state index contributed by atoms with van der Waals surface area (Å²) in [6.45, 7) is 2.23. The summed E-state index contributed by atoms with van der Waals surface area (Å²) in [7, 11) is 0. The van der Waals surface area contributed by atoms with E-state index in [4.69, 9.17) is 5.11 Å². The minimum Gasteiger partial charge on any atom is -0.481 e. The molecule has 0 saturated carbocycles. The smallest absolute Gasteiger partial charge is 0.303 e. The van der Waals surface area contributed by atoms with Crippen molar-refractivity contribution in [3.8, 4) is 0 Å². The molecule has 0 aromatic carbocycles. The molecule has 130 valence electrons. The van der Waals surface area contributed by atoms with E-state index in [-0.39, 0.29) is 12.2 Å². The van der Waals surface area contributed by atoms with E-state index in [1.165, 1.54) is 38.5 Å². The van der Waals surface area contributed by atoms with Crippen molar-refractivity contribution in [2.24, 2.45) is 5.92 Å². The van der Waals surface area contributed by atoms with Crippen molar-refractivity contribution in [1.82, 2.24) is 0 Å². The summed E-state index contributed by atoms with van der Waals surface area (Å²) >= 11 is 0. The number of hydrogen-bond acceptors (Lipinski definition) is 2. The van der Waals surface area contributed by atoms with Crippen LogP contribution in [0.1, 0.15) is 84.0 Å². The fraction of sp³-hybridized carbons (Fsp3) is 0.700. The molecule has 0 saturated heterocycles. The van der Waals surface area contributed by atoms with E-state index in [0.717, 1.165) is 37.7 Å². The Kier molecular flexibility index (Phi) is 10.3. The Morgan fingerprint density at radius 3 is 2.52 bits per heavy atom. The lowest BCUT2D eigenvalue weighted by molar-refractivity contribution is -0.137. The van der Waals surface area contributed by atoms with Gasteiger partial charge in [-0.2, -0.15) is 0 Å². The molecular formula is C20H32O3. The Hall–Kier alpha value is -1.38. The first kappa shape index (κ1) is 19.7. The quantitative estimate of drug-likeness (QED) is 0.362. The van der Waals surface area contributed by atoms with Gasteiger partial charge in [-0.1, -0.05) is 64.0 Å². The predicted molar refractivity (Wildman–Crippen MR) is 94.4 cm³/mol. The van der Waals surface area contributed by atoms with Crippen LogP contribution in [0.3, 0.4) is 0 Å². The Labute approximate surface area is 140 Å². The summed E-state index contributed by atoms with van der Waals surface area (Å²) in [4.78, 5) is 22.4. The van der Waals surface area contributed by atoms with E-state index >= 15 is 0 Å². The van der Waals surface area contributed by atoms with Gasteiger partial charge in [0.2, 0.25) is 0 Å². The molecule has 3 nitrogen and oxygen atoms in total. The van der Waals surface area contributed by atoms with Crippen molar-refractivity contribution in [2.45, 2.75) is 84.0 Å². The average Bonchev–Trinajstić information content (AvgIpc) is 2.86. The molecule has 1 aliphatic rings. The fourth-order valence-corrected chi connectivity index (χ4v) is 3.09. The molecule has 0 aromatic rings. The van der Waals surface area contributed by atoms with Crippen molar-refractivity contribution in [1.29, 1.82) is 0 Å². The number of carbonyl (C=O) groups is 2. The van der Waals surface area contributed by atoms with Gasteiger partial charge in [0, 0.05) is 17.9 Å². The van der Waals surface area contributed by atoms with Crippen molar-refractivity contribution in [3.63, 3.8) is 0 Å². The van der Waals surface area contributed by atoms with Gasteiger partial charge in [0.05, 0.1) is 0 Å². The topological polar surface area (TPSA) is 54.4 Å². The molecule has 0 amide bonds. The second-order valence-corrected chi connectivity index (χ2v) is 6.54. The highest BCUT2D eigenvalue weighted by atomic mass is 16.4. The van der Waals surface area contributed by atoms with Crippen molar-refractivity contribution in [2.75, 3.05) is 0 Å². The zero-order valence-electron chi connectivity index (χ0n) is 14.6. The first-order chi connectivity index (χ1) is 11.1. The third-order valence-corrected chi connectivity index (χ3v) is 4.49. The number of carbonyl (C=O) groups excluding carboxylic acids is 1. The van der Waals surface area contributed by atoms with Crippen LogP contribution >= 0.6 is 0 Å². The van der Waals surface area contributed by atoms with Gasteiger partial charge in [-0.05, 0) is 31.8 Å². The molecule has 0 heterocycles. The highest BCUT2D eigenvalue weighted by Crippen LogP contribution is 2.27. The largest absolute Gasteiger partial charge is 0.481 e. The van der Waals surface area contributed by atoms with Gasteiger partial charge < -0.3 is 5.11 Å². The van der Waals surface area contributed by atoms with E-state index in [1.807, 2.05) is 0 Å². The Bertz CT molecular complexity index is 421. The second-order valence-electron chi connectivity index (χ2n) is 6.54. The second kappa shape index (κ2) is 12.1. The summed E-state index contributed by atoms with van der Waals surface area (Å²) < 4.78 is 0. The number of rotatable bonds is 13. The highest BCUT2D eigenvalue weighted by Gasteiger charge is 2.21. The molecule has 0 bridgehead atoms. The maximum Gasteiger partial charge on any atom is 0.303 e. The fourth-order valence-electron chi connectivity index (χ4n) is 3.09. The molecule has 1 rings (SSSR count). The Balaban J connectivity index is 2.22. The molecule has 0 radical (unpaired) electrons. The van der Waals surface area contributed by atoms with E-state index in [2.05, 4.69) is 19.1 Å². The van der Waals surface area contributed by atoms with Gasteiger partial charge in [-0.25, -0.2) is 0 Å². The van der Waals surface area contributed by atoms with Crippen molar-refractivity contribution in [3.05, 3.63) is 23.8 Å². The molecule has 3 heteroatoms. The van der Waals surface area contributed by atoms with Crippen LogP contribution in [0.5, 0.6) is 0 Å². The number of carboxylic acid groups (broad SMARTS) is 1. The summed E-state index contributed by atoms with van der Waals surface area (Å²) in [6.07, 6.45) is 18.4. The monoisotopic (exact) mass is 320 g/mol. The average molecular weight is 320 g/mol. The molecule has 1 aliphatic carbocycles. The molecule has 0 spiro atoms. The maximum atomic E-state index is 11.9. The van der Waals surface area contributed by atoms with Crippen LogP contribution in [0, 0.1) is 5.92 Å². The van der Waals surface area contributed by atoms with Crippen LogP contribution in [0.25, 0.3) is 0 Å². The maximum absolute atomic E-state index is 11.9. The lowest BCUT2D eigenvalue weighted by atomic mass is 9.94. The SMILES string of the molecule is CCCCCCCCC1C=CC(=O)/C1=C\CCCCCC(=O)O.